The van der Waals surface area contributed by atoms with Crippen LogP contribution in [-0.2, 0) is 0 Å². The van der Waals surface area contributed by atoms with E-state index in [0.29, 0.717) is 18.3 Å². The van der Waals surface area contributed by atoms with Crippen LogP contribution in [0.5, 0.6) is 0 Å². The number of rotatable bonds is 3. The Bertz CT molecular complexity index is 471. The van der Waals surface area contributed by atoms with Crippen LogP contribution in [0.4, 0.5) is 14.5 Å². The lowest BCUT2D eigenvalue weighted by atomic mass is 10.1. The highest BCUT2D eigenvalue weighted by Gasteiger charge is 2.24. The lowest BCUT2D eigenvalue weighted by molar-refractivity contribution is 0.567. The Morgan fingerprint density at radius 1 is 1.47 bits per heavy atom. The van der Waals surface area contributed by atoms with Gasteiger partial charge >= 0.3 is 0 Å². The van der Waals surface area contributed by atoms with Gasteiger partial charge in [-0.05, 0) is 18.6 Å². The molecule has 0 aromatic heterocycles. The quantitative estimate of drug-likeness (QED) is 0.869. The summed E-state index contributed by atoms with van der Waals surface area (Å²) in [7, 11) is 0. The summed E-state index contributed by atoms with van der Waals surface area (Å²) in [5.41, 5.74) is 5.67. The number of hydrogen-bond donors (Lipinski definition) is 1. The Balaban J connectivity index is 2.31. The van der Waals surface area contributed by atoms with Crippen LogP contribution in [0.25, 0.3) is 0 Å². The van der Waals surface area contributed by atoms with E-state index < -0.39 is 11.6 Å². The number of anilines is 1. The van der Waals surface area contributed by atoms with E-state index in [1.807, 2.05) is 11.8 Å². The van der Waals surface area contributed by atoms with Gasteiger partial charge in [0.25, 0.3) is 0 Å². The van der Waals surface area contributed by atoms with Crippen molar-refractivity contribution in [2.24, 2.45) is 5.73 Å². The summed E-state index contributed by atoms with van der Waals surface area (Å²) in [6.07, 6.45) is 0.995. The molecule has 0 spiro atoms. The zero-order chi connectivity index (χ0) is 14.0. The highest BCUT2D eigenvalue weighted by Crippen LogP contribution is 2.30. The Morgan fingerprint density at radius 2 is 2.11 bits per heavy atom. The Hall–Kier alpha value is -0.880. The average molecular weight is 302 g/mol. The summed E-state index contributed by atoms with van der Waals surface area (Å²) in [6.45, 7) is 3.41. The van der Waals surface area contributed by atoms with Crippen molar-refractivity contribution in [3.05, 3.63) is 29.3 Å². The van der Waals surface area contributed by atoms with Crippen LogP contribution < -0.4 is 10.6 Å². The van der Waals surface area contributed by atoms with Crippen LogP contribution in [0.3, 0.4) is 0 Å². The minimum absolute atomic E-state index is 0.00462. The van der Waals surface area contributed by atoms with Crippen molar-refractivity contribution < 1.29 is 8.78 Å². The van der Waals surface area contributed by atoms with Crippen LogP contribution in [0.15, 0.2) is 12.1 Å². The first kappa shape index (κ1) is 14.5. The summed E-state index contributed by atoms with van der Waals surface area (Å²) in [4.78, 5) is 1.78. The van der Waals surface area contributed by atoms with E-state index in [9.17, 15) is 8.78 Å². The number of thioether (sulfide) groups is 1. The lowest BCUT2D eigenvalue weighted by Gasteiger charge is -2.34. The molecule has 19 heavy (non-hydrogen) atoms. The van der Waals surface area contributed by atoms with Gasteiger partial charge in [-0.25, -0.2) is 8.78 Å². The zero-order valence-electron chi connectivity index (χ0n) is 10.7. The van der Waals surface area contributed by atoms with Gasteiger partial charge in [0.2, 0.25) is 0 Å². The Morgan fingerprint density at radius 3 is 2.63 bits per heavy atom. The molecule has 1 aromatic carbocycles. The topological polar surface area (TPSA) is 29.3 Å². The van der Waals surface area contributed by atoms with E-state index >= 15 is 0 Å². The summed E-state index contributed by atoms with van der Waals surface area (Å²) >= 11 is 6.60. The number of halogens is 2. The minimum Gasteiger partial charge on any atom is -0.389 e. The highest BCUT2D eigenvalue weighted by atomic mass is 32.2. The van der Waals surface area contributed by atoms with E-state index in [1.165, 1.54) is 12.1 Å². The van der Waals surface area contributed by atoms with Crippen molar-refractivity contribution in [3.63, 3.8) is 0 Å². The normalized spacial score (nSPS) is 19.5. The molecule has 0 bridgehead atoms. The number of benzene rings is 1. The summed E-state index contributed by atoms with van der Waals surface area (Å²) < 4.78 is 28.2. The molecule has 1 aliphatic rings. The minimum atomic E-state index is -0.593. The van der Waals surface area contributed by atoms with Crippen LogP contribution in [-0.4, -0.2) is 29.1 Å². The molecule has 0 aliphatic carbocycles. The van der Waals surface area contributed by atoms with Crippen LogP contribution in [0.1, 0.15) is 18.9 Å². The smallest absolute Gasteiger partial charge is 0.150 e. The van der Waals surface area contributed by atoms with Gasteiger partial charge in [-0.3, -0.25) is 0 Å². The molecule has 1 atom stereocenters. The third kappa shape index (κ3) is 3.17. The standard InChI is InChI=1S/C13H16F2N2S2/c1-2-9-7-17(3-4-19-9)12-10(14)5-8(13(16)18)6-11(12)15/h5-6,9H,2-4,7H2,1H3,(H2,16,18). The average Bonchev–Trinajstić information content (AvgIpc) is 2.38. The first-order valence-electron chi connectivity index (χ1n) is 6.18. The predicted octanol–water partition coefficient (Wildman–Crippen LogP) is 2.93. The molecule has 1 fully saturated rings. The largest absolute Gasteiger partial charge is 0.389 e. The molecule has 2 nitrogen and oxygen atoms in total. The van der Waals surface area contributed by atoms with E-state index in [2.05, 4.69) is 6.92 Å². The number of nitrogens with two attached hydrogens (primary N) is 1. The molecular formula is C13H16F2N2S2. The molecule has 6 heteroatoms. The second-order valence-electron chi connectivity index (χ2n) is 4.50. The van der Waals surface area contributed by atoms with Gasteiger partial charge in [-0.15, -0.1) is 0 Å². The fraction of sp³-hybridized carbons (Fsp3) is 0.462. The molecule has 1 unspecified atom stereocenters. The first-order chi connectivity index (χ1) is 9.02. The van der Waals surface area contributed by atoms with E-state index in [1.54, 1.807) is 4.90 Å². The van der Waals surface area contributed by atoms with Gasteiger partial charge in [-0.1, -0.05) is 19.1 Å². The summed E-state index contributed by atoms with van der Waals surface area (Å²) in [5.74, 6) is -0.303. The number of thiocarbonyl (C=S) groups is 1. The maximum absolute atomic E-state index is 14.1. The molecule has 0 amide bonds. The van der Waals surface area contributed by atoms with Crippen LogP contribution in [0.2, 0.25) is 0 Å². The van der Waals surface area contributed by atoms with Crippen molar-refractivity contribution in [3.8, 4) is 0 Å². The summed E-state index contributed by atoms with van der Waals surface area (Å²) in [6, 6.07) is 2.42. The third-order valence-electron chi connectivity index (χ3n) is 3.21. The maximum Gasteiger partial charge on any atom is 0.150 e. The molecule has 1 aromatic rings. The van der Waals surface area contributed by atoms with Gasteiger partial charge in [-0.2, -0.15) is 11.8 Å². The molecule has 0 saturated carbocycles. The number of nitrogens with zero attached hydrogens (tertiary/aromatic N) is 1. The van der Waals surface area contributed by atoms with Crippen LogP contribution >= 0.6 is 24.0 Å². The van der Waals surface area contributed by atoms with Gasteiger partial charge in [0.15, 0.2) is 0 Å². The summed E-state index contributed by atoms with van der Waals surface area (Å²) in [5, 5.41) is 0.419. The van der Waals surface area contributed by atoms with Crippen LogP contribution in [0, 0.1) is 11.6 Å². The van der Waals surface area contributed by atoms with Gasteiger partial charge in [0.1, 0.15) is 22.3 Å². The molecule has 1 heterocycles. The van der Waals surface area contributed by atoms with Gasteiger partial charge in [0.05, 0.1) is 0 Å². The van der Waals surface area contributed by atoms with Gasteiger partial charge in [0, 0.05) is 29.7 Å². The monoisotopic (exact) mass is 302 g/mol. The van der Waals surface area contributed by atoms with Crippen molar-refractivity contribution in [1.82, 2.24) is 0 Å². The molecule has 2 N–H and O–H groups in total. The second kappa shape index (κ2) is 6.05. The van der Waals surface area contributed by atoms with Gasteiger partial charge < -0.3 is 10.6 Å². The fourth-order valence-electron chi connectivity index (χ4n) is 2.18. The highest BCUT2D eigenvalue weighted by molar-refractivity contribution is 8.00. The van der Waals surface area contributed by atoms with E-state index in [4.69, 9.17) is 18.0 Å². The SMILES string of the molecule is CCC1CN(c2c(F)cc(C(N)=S)cc2F)CCS1. The third-order valence-corrected chi connectivity index (χ3v) is 4.82. The molecular weight excluding hydrogens is 286 g/mol. The Labute approximate surface area is 121 Å². The predicted molar refractivity (Wildman–Crippen MR) is 81.0 cm³/mol. The molecule has 0 radical (unpaired) electrons. The van der Waals surface area contributed by atoms with E-state index in [-0.39, 0.29) is 16.2 Å². The first-order valence-corrected chi connectivity index (χ1v) is 7.64. The zero-order valence-corrected chi connectivity index (χ0v) is 12.3. The maximum atomic E-state index is 14.1. The fourth-order valence-corrected chi connectivity index (χ4v) is 3.48. The van der Waals surface area contributed by atoms with Crippen molar-refractivity contribution >= 4 is 34.7 Å². The molecule has 104 valence electrons. The van der Waals surface area contributed by atoms with Crippen molar-refractivity contribution in [2.75, 3.05) is 23.7 Å². The molecule has 1 saturated heterocycles. The number of hydrogen-bond acceptors (Lipinski definition) is 3. The Kier molecular flexibility index (Phi) is 4.62. The second-order valence-corrected chi connectivity index (χ2v) is 6.35. The molecule has 1 aliphatic heterocycles. The van der Waals surface area contributed by atoms with Crippen molar-refractivity contribution in [2.45, 2.75) is 18.6 Å². The van der Waals surface area contributed by atoms with E-state index in [0.717, 1.165) is 12.2 Å². The molecule has 2 rings (SSSR count). The lowest BCUT2D eigenvalue weighted by Crippen LogP contribution is -2.38. The van der Waals surface area contributed by atoms with Crippen molar-refractivity contribution in [1.29, 1.82) is 0 Å².